The van der Waals surface area contributed by atoms with Crippen molar-refractivity contribution in [3.8, 4) is 11.6 Å². The number of hydrogen-bond acceptors (Lipinski definition) is 10. The van der Waals surface area contributed by atoms with Crippen LogP contribution in [0.2, 0.25) is 0 Å². The van der Waals surface area contributed by atoms with Gasteiger partial charge < -0.3 is 29.3 Å². The summed E-state index contributed by atoms with van der Waals surface area (Å²) < 4.78 is 47.3. The fourth-order valence-electron chi connectivity index (χ4n) is 9.82. The van der Waals surface area contributed by atoms with Crippen molar-refractivity contribution in [3.63, 3.8) is 0 Å². The van der Waals surface area contributed by atoms with Crippen LogP contribution in [-0.2, 0) is 40.4 Å². The van der Waals surface area contributed by atoms with E-state index < -0.39 is 56.6 Å². The van der Waals surface area contributed by atoms with E-state index >= 15 is 4.79 Å². The molecule has 0 radical (unpaired) electrons. The average molecular weight is 834 g/mol. The van der Waals surface area contributed by atoms with E-state index in [1.165, 1.54) is 0 Å². The number of benzene rings is 1. The van der Waals surface area contributed by atoms with Crippen LogP contribution in [0.25, 0.3) is 10.9 Å². The van der Waals surface area contributed by atoms with Crippen LogP contribution < -0.4 is 19.5 Å². The highest BCUT2D eigenvalue weighted by molar-refractivity contribution is 7.91. The number of sulfonamides is 1. The molecule has 5 fully saturated rings. The van der Waals surface area contributed by atoms with Gasteiger partial charge in [-0.05, 0) is 82.8 Å². The van der Waals surface area contributed by atoms with Crippen LogP contribution in [0.3, 0.4) is 0 Å². The van der Waals surface area contributed by atoms with E-state index in [4.69, 9.17) is 19.2 Å². The van der Waals surface area contributed by atoms with E-state index in [0.29, 0.717) is 62.7 Å². The summed E-state index contributed by atoms with van der Waals surface area (Å²) in [5, 5.41) is 3.16. The third-order valence-electron chi connectivity index (χ3n) is 13.4. The van der Waals surface area contributed by atoms with E-state index in [1.54, 1.807) is 11.0 Å². The molecule has 0 spiro atoms. The molecule has 320 valence electrons. The van der Waals surface area contributed by atoms with Gasteiger partial charge in [0.1, 0.15) is 23.4 Å². The normalized spacial score (nSPS) is 29.7. The number of nitrogens with one attached hydrogen (secondary N) is 2. The van der Waals surface area contributed by atoms with Gasteiger partial charge in [-0.2, -0.15) is 0 Å². The fraction of sp³-hybridized carbons (Fsp3) is 0.659. The first kappa shape index (κ1) is 41.5. The predicted octanol–water partition coefficient (Wildman–Crippen LogP) is 4.58. The molecule has 4 bridgehead atoms. The molecule has 6 aliphatic rings. The van der Waals surface area contributed by atoms with E-state index in [0.717, 1.165) is 68.7 Å². The molecule has 2 aromatic rings. The Morgan fingerprint density at radius 1 is 1.02 bits per heavy atom. The van der Waals surface area contributed by atoms with Crippen LogP contribution in [0, 0.1) is 17.8 Å². The maximum absolute atomic E-state index is 15.1. The summed E-state index contributed by atoms with van der Waals surface area (Å²) in [7, 11) is -3.89. The van der Waals surface area contributed by atoms with Crippen molar-refractivity contribution in [2.45, 2.75) is 132 Å². The minimum absolute atomic E-state index is 0.0246. The Kier molecular flexibility index (Phi) is 12.2. The van der Waals surface area contributed by atoms with Crippen LogP contribution in [0.1, 0.15) is 102 Å². The minimum atomic E-state index is -3.89. The van der Waals surface area contributed by atoms with Crippen molar-refractivity contribution in [3.05, 3.63) is 42.5 Å². The van der Waals surface area contributed by atoms with Crippen molar-refractivity contribution in [2.24, 2.45) is 17.8 Å². The van der Waals surface area contributed by atoms with Crippen molar-refractivity contribution >= 4 is 44.6 Å². The van der Waals surface area contributed by atoms with Crippen molar-refractivity contribution < 1.29 is 41.8 Å². The molecule has 8 rings (SSSR count). The highest BCUT2D eigenvalue weighted by atomic mass is 32.2. The number of pyridine rings is 1. The summed E-state index contributed by atoms with van der Waals surface area (Å²) in [5.41, 5.74) is 0.0123. The lowest BCUT2D eigenvalue weighted by atomic mass is 9.86. The standard InChI is InChI=1S/C44H59N5O9S/c1-3-29-25-44(29,43(53)47-59(54,55)32-18-19-32)46-40(51)37-23-31-27-49(37)42(52)35(28-13-8-9-14-28)24-38(50)48-21-20-30(26-48)57-22-12-6-5-7-16-34-39(56-4-2)33-15-10-11-17-36(33)45-41(34)58-31/h3,10-11,15,17,28-32,35,37H,1,4-9,12-14,16,18-27H2,2H3,(H,46,51)(H,47,53)/t29-,30+,31-,35+,37+,44-/m1/s1. The van der Waals surface area contributed by atoms with Crippen molar-refractivity contribution in [1.29, 1.82) is 0 Å². The molecule has 1 aromatic carbocycles. The minimum Gasteiger partial charge on any atom is -0.493 e. The summed E-state index contributed by atoms with van der Waals surface area (Å²) >= 11 is 0. The zero-order valence-corrected chi connectivity index (χ0v) is 35.0. The van der Waals surface area contributed by atoms with Gasteiger partial charge in [-0.1, -0.05) is 43.9 Å². The first-order valence-corrected chi connectivity index (χ1v) is 23.5. The van der Waals surface area contributed by atoms with Crippen LogP contribution in [0.5, 0.6) is 11.6 Å². The molecule has 4 amide bonds. The molecule has 3 aliphatic heterocycles. The van der Waals surface area contributed by atoms with E-state index in [1.807, 2.05) is 36.1 Å². The summed E-state index contributed by atoms with van der Waals surface area (Å²) in [4.78, 5) is 65.8. The third kappa shape index (κ3) is 8.82. The zero-order valence-electron chi connectivity index (χ0n) is 34.2. The molecule has 1 aromatic heterocycles. The number of para-hydroxylation sites is 1. The van der Waals surface area contributed by atoms with Crippen LogP contribution in [0.4, 0.5) is 0 Å². The second kappa shape index (κ2) is 17.4. The van der Waals surface area contributed by atoms with Crippen molar-refractivity contribution in [2.75, 3.05) is 32.8 Å². The van der Waals surface area contributed by atoms with Gasteiger partial charge in [0.2, 0.25) is 33.6 Å². The van der Waals surface area contributed by atoms with Crippen LogP contribution in [-0.4, -0.2) is 109 Å². The second-order valence-electron chi connectivity index (χ2n) is 17.5. The Labute approximate surface area is 347 Å². The number of nitrogens with zero attached hydrogens (tertiary/aromatic N) is 3. The molecule has 59 heavy (non-hydrogen) atoms. The van der Waals surface area contributed by atoms with Gasteiger partial charge in [-0.3, -0.25) is 23.9 Å². The van der Waals surface area contributed by atoms with E-state index in [2.05, 4.69) is 16.6 Å². The highest BCUT2D eigenvalue weighted by Gasteiger charge is 2.62. The largest absolute Gasteiger partial charge is 0.493 e. The number of rotatable bonds is 9. The van der Waals surface area contributed by atoms with E-state index in [9.17, 15) is 22.8 Å². The molecule has 4 heterocycles. The third-order valence-corrected chi connectivity index (χ3v) is 15.2. The Morgan fingerprint density at radius 2 is 1.80 bits per heavy atom. The lowest BCUT2D eigenvalue weighted by molar-refractivity contribution is -0.146. The van der Waals surface area contributed by atoms with Gasteiger partial charge in [-0.25, -0.2) is 13.4 Å². The number of ether oxygens (including phenoxy) is 3. The second-order valence-corrected chi connectivity index (χ2v) is 19.4. The highest BCUT2D eigenvalue weighted by Crippen LogP contribution is 2.46. The average Bonchev–Trinajstić information content (AvgIpc) is 3.99. The number of fused-ring (bicyclic) bond motifs is 6. The van der Waals surface area contributed by atoms with Gasteiger partial charge in [0.15, 0.2) is 0 Å². The molecule has 6 atom stereocenters. The summed E-state index contributed by atoms with van der Waals surface area (Å²) in [6, 6.07) is 6.70. The number of aromatic nitrogens is 1. The fourth-order valence-corrected chi connectivity index (χ4v) is 11.2. The predicted molar refractivity (Wildman–Crippen MR) is 220 cm³/mol. The monoisotopic (exact) mass is 833 g/mol. The lowest BCUT2D eigenvalue weighted by Crippen LogP contribution is -2.57. The molecular formula is C44H59N5O9S. The molecule has 2 N–H and O–H groups in total. The smallest absolute Gasteiger partial charge is 0.259 e. The van der Waals surface area contributed by atoms with Crippen LogP contribution >= 0.6 is 0 Å². The first-order chi connectivity index (χ1) is 28.5. The molecule has 2 saturated heterocycles. The number of hydrogen-bond donors (Lipinski definition) is 2. The van der Waals surface area contributed by atoms with Gasteiger partial charge in [0.25, 0.3) is 5.91 Å². The van der Waals surface area contributed by atoms with Gasteiger partial charge >= 0.3 is 0 Å². The number of carbonyl (C=O) groups excluding carboxylic acids is 4. The Bertz CT molecular complexity index is 2050. The molecular weight excluding hydrogens is 775 g/mol. The van der Waals surface area contributed by atoms with Crippen LogP contribution in [0.15, 0.2) is 36.9 Å². The number of carbonyl (C=O) groups is 4. The zero-order chi connectivity index (χ0) is 41.3. The van der Waals surface area contributed by atoms with Gasteiger partial charge in [0.05, 0.1) is 35.6 Å². The molecule has 0 unspecified atom stereocenters. The van der Waals surface area contributed by atoms with Gasteiger partial charge in [-0.15, -0.1) is 6.58 Å². The molecule has 3 saturated carbocycles. The first-order valence-electron chi connectivity index (χ1n) is 21.9. The maximum Gasteiger partial charge on any atom is 0.259 e. The molecule has 14 nitrogen and oxygen atoms in total. The Morgan fingerprint density at radius 3 is 2.54 bits per heavy atom. The summed E-state index contributed by atoms with van der Waals surface area (Å²) in [6.07, 6.45) is 10.8. The molecule has 3 aliphatic carbocycles. The molecule has 15 heteroatoms. The van der Waals surface area contributed by atoms with E-state index in [-0.39, 0.29) is 49.6 Å². The topological polar surface area (TPSA) is 174 Å². The van der Waals surface area contributed by atoms with Gasteiger partial charge in [0, 0.05) is 49.8 Å². The summed E-state index contributed by atoms with van der Waals surface area (Å²) in [5.74, 6) is -1.81. The number of amides is 4. The Balaban J connectivity index is 1.14. The quantitative estimate of drug-likeness (QED) is 0.341. The summed E-state index contributed by atoms with van der Waals surface area (Å²) in [6.45, 7) is 7.98. The lowest BCUT2D eigenvalue weighted by Gasteiger charge is -2.32. The van der Waals surface area contributed by atoms with Crippen molar-refractivity contribution in [1.82, 2.24) is 24.8 Å². The SMILES string of the molecule is C=C[C@@H]1C[C@]1(NC(=O)[C@@H]1C[C@@H]2CN1C(=O)[C@H](C1CCCC1)CC(=O)N1CC[C@@H](C1)OCCCCCCc1c(nc3ccccc3c1OCC)O2)C(=O)NS(=O)(=O)C1CC1. The Hall–Kier alpha value is -4.24. The maximum atomic E-state index is 15.1.